The molecule has 2 aromatic rings. The van der Waals surface area contributed by atoms with E-state index in [2.05, 4.69) is 49.0 Å². The van der Waals surface area contributed by atoms with Crippen LogP contribution in [-0.4, -0.2) is 6.61 Å². The Morgan fingerprint density at radius 1 is 0.852 bits per heavy atom. The number of unbranched alkanes of at least 4 members (excludes halogenated alkanes) is 5. The number of halogens is 4. The van der Waals surface area contributed by atoms with Crippen molar-refractivity contribution in [1.29, 1.82) is 0 Å². The largest absolute Gasteiger partial charge is 0.494 e. The van der Waals surface area contributed by atoms with E-state index in [0.717, 1.165) is 25.0 Å². The average Bonchev–Trinajstić information content (AvgIpc) is 2.62. The zero-order chi connectivity index (χ0) is 19.6. The Bertz CT molecular complexity index is 741. The molecule has 2 aromatic carbocycles. The first-order valence-corrected chi connectivity index (χ1v) is 10.6. The Kier molecular flexibility index (Phi) is 9.34. The van der Waals surface area contributed by atoms with Gasteiger partial charge in [-0.3, -0.25) is 0 Å². The van der Waals surface area contributed by atoms with E-state index >= 15 is 0 Å². The first-order chi connectivity index (χ1) is 13.0. The second-order valence-corrected chi connectivity index (χ2v) is 7.83. The molecule has 0 unspecified atom stereocenters. The zero-order valence-corrected chi connectivity index (χ0v) is 18.3. The van der Waals surface area contributed by atoms with Crippen LogP contribution < -0.4 is 4.74 Å². The maximum atomic E-state index is 13.7. The molecular weight excluding hydrogens is 482 g/mol. The number of nitrogens with zero attached hydrogens (tertiary/aromatic N) is 2. The van der Waals surface area contributed by atoms with Crippen molar-refractivity contribution < 1.29 is 13.5 Å². The van der Waals surface area contributed by atoms with Gasteiger partial charge in [0.05, 0.1) is 6.61 Å². The highest BCUT2D eigenvalue weighted by molar-refractivity contribution is 9.11. The lowest BCUT2D eigenvalue weighted by atomic mass is 10.1. The number of ether oxygens (including phenoxy) is 1. The van der Waals surface area contributed by atoms with Crippen LogP contribution in [0, 0.1) is 11.6 Å². The average molecular weight is 504 g/mol. The van der Waals surface area contributed by atoms with Crippen LogP contribution in [0.4, 0.5) is 20.2 Å². The van der Waals surface area contributed by atoms with Crippen LogP contribution >= 0.6 is 31.9 Å². The summed E-state index contributed by atoms with van der Waals surface area (Å²) in [6, 6.07) is 7.11. The summed E-state index contributed by atoms with van der Waals surface area (Å²) in [5, 5.41) is 7.68. The molecule has 0 amide bonds. The SMILES string of the molecule is CCCCCCCCOc1cc(Br)c(N=Nc2c(F)cccc2F)c(Br)c1. The summed E-state index contributed by atoms with van der Waals surface area (Å²) >= 11 is 6.82. The van der Waals surface area contributed by atoms with Crippen LogP contribution in [0.15, 0.2) is 49.5 Å². The van der Waals surface area contributed by atoms with Crippen LogP contribution in [0.1, 0.15) is 45.4 Å². The van der Waals surface area contributed by atoms with Crippen molar-refractivity contribution in [1.82, 2.24) is 0 Å². The fraction of sp³-hybridized carbons (Fsp3) is 0.400. The highest BCUT2D eigenvalue weighted by atomic mass is 79.9. The molecule has 0 aromatic heterocycles. The van der Waals surface area contributed by atoms with Gasteiger partial charge in [0.25, 0.3) is 0 Å². The molecule has 0 aliphatic heterocycles. The Morgan fingerprint density at radius 3 is 2.04 bits per heavy atom. The molecule has 0 spiro atoms. The lowest BCUT2D eigenvalue weighted by molar-refractivity contribution is 0.304. The number of rotatable bonds is 10. The molecule has 2 rings (SSSR count). The van der Waals surface area contributed by atoms with Crippen LogP contribution in [0.25, 0.3) is 0 Å². The van der Waals surface area contributed by atoms with Gasteiger partial charge in [-0.05, 0) is 62.5 Å². The second kappa shape index (κ2) is 11.5. The molecule has 0 aliphatic rings. The molecule has 0 fully saturated rings. The molecule has 3 nitrogen and oxygen atoms in total. The van der Waals surface area contributed by atoms with E-state index in [9.17, 15) is 8.78 Å². The summed E-state index contributed by atoms with van der Waals surface area (Å²) < 4.78 is 34.3. The first kappa shape index (κ1) is 22.0. The molecule has 0 N–H and O–H groups in total. The molecule has 27 heavy (non-hydrogen) atoms. The van der Waals surface area contributed by atoms with Crippen molar-refractivity contribution in [3.05, 3.63) is 50.9 Å². The lowest BCUT2D eigenvalue weighted by Crippen LogP contribution is -1.97. The van der Waals surface area contributed by atoms with Gasteiger partial charge in [-0.25, -0.2) is 8.78 Å². The molecular formula is C20H22Br2F2N2O. The van der Waals surface area contributed by atoms with E-state index in [4.69, 9.17) is 4.74 Å². The molecule has 0 saturated heterocycles. The van der Waals surface area contributed by atoms with Crippen LogP contribution in [0.5, 0.6) is 5.75 Å². The highest BCUT2D eigenvalue weighted by Gasteiger charge is 2.11. The van der Waals surface area contributed by atoms with E-state index in [-0.39, 0.29) is 0 Å². The minimum atomic E-state index is -0.759. The summed E-state index contributed by atoms with van der Waals surface area (Å²) in [5.74, 6) is -0.826. The second-order valence-electron chi connectivity index (χ2n) is 6.12. The quantitative estimate of drug-likeness (QED) is 0.236. The minimum Gasteiger partial charge on any atom is -0.494 e. The molecule has 0 bridgehead atoms. The Morgan fingerprint density at radius 2 is 1.41 bits per heavy atom. The van der Waals surface area contributed by atoms with E-state index in [1.54, 1.807) is 12.1 Å². The Labute approximate surface area is 175 Å². The monoisotopic (exact) mass is 502 g/mol. The van der Waals surface area contributed by atoms with Crippen LogP contribution in [0.3, 0.4) is 0 Å². The van der Waals surface area contributed by atoms with Gasteiger partial charge in [0, 0.05) is 8.95 Å². The summed E-state index contributed by atoms with van der Waals surface area (Å²) in [6.45, 7) is 2.85. The molecule has 0 heterocycles. The predicted molar refractivity (Wildman–Crippen MR) is 111 cm³/mol. The minimum absolute atomic E-state index is 0.417. The summed E-state index contributed by atoms with van der Waals surface area (Å²) in [5.41, 5.74) is 0.0178. The van der Waals surface area contributed by atoms with E-state index in [0.29, 0.717) is 27.0 Å². The van der Waals surface area contributed by atoms with Gasteiger partial charge in [0.15, 0.2) is 17.3 Å². The van der Waals surface area contributed by atoms with Crippen molar-refractivity contribution in [2.45, 2.75) is 45.4 Å². The molecule has 0 atom stereocenters. The van der Waals surface area contributed by atoms with E-state index in [1.165, 1.54) is 31.7 Å². The standard InChI is InChI=1S/C20H22Br2F2N2O/c1-2-3-4-5-6-7-11-27-14-12-15(21)19(16(22)13-14)25-26-20-17(23)9-8-10-18(20)24/h8-10,12-13H,2-7,11H2,1H3. The maximum absolute atomic E-state index is 13.7. The summed E-state index contributed by atoms with van der Waals surface area (Å²) in [7, 11) is 0. The molecule has 0 aliphatic carbocycles. The van der Waals surface area contributed by atoms with Gasteiger partial charge in [0.1, 0.15) is 11.4 Å². The number of hydrogen-bond donors (Lipinski definition) is 0. The van der Waals surface area contributed by atoms with Crippen molar-refractivity contribution in [3.8, 4) is 5.75 Å². The normalized spacial score (nSPS) is 11.3. The zero-order valence-electron chi connectivity index (χ0n) is 15.2. The van der Waals surface area contributed by atoms with Crippen molar-refractivity contribution in [3.63, 3.8) is 0 Å². The van der Waals surface area contributed by atoms with Crippen molar-refractivity contribution >= 4 is 43.2 Å². The van der Waals surface area contributed by atoms with Crippen LogP contribution in [-0.2, 0) is 0 Å². The number of hydrogen-bond acceptors (Lipinski definition) is 3. The molecule has 0 saturated carbocycles. The highest BCUT2D eigenvalue weighted by Crippen LogP contribution is 2.38. The number of benzene rings is 2. The molecule has 146 valence electrons. The van der Waals surface area contributed by atoms with Gasteiger partial charge < -0.3 is 4.74 Å². The third-order valence-electron chi connectivity index (χ3n) is 3.94. The topological polar surface area (TPSA) is 34.0 Å². The fourth-order valence-electron chi connectivity index (χ4n) is 2.48. The third-order valence-corrected chi connectivity index (χ3v) is 5.15. The summed E-state index contributed by atoms with van der Waals surface area (Å²) in [4.78, 5) is 0. The summed E-state index contributed by atoms with van der Waals surface area (Å²) in [6.07, 6.45) is 7.20. The van der Waals surface area contributed by atoms with Gasteiger partial charge >= 0.3 is 0 Å². The fourth-order valence-corrected chi connectivity index (χ4v) is 3.78. The van der Waals surface area contributed by atoms with Gasteiger partial charge in [-0.2, -0.15) is 0 Å². The van der Waals surface area contributed by atoms with E-state index in [1.807, 2.05) is 0 Å². The first-order valence-electron chi connectivity index (χ1n) is 9.00. The van der Waals surface area contributed by atoms with Gasteiger partial charge in [-0.15, -0.1) is 10.2 Å². The molecule has 0 radical (unpaired) electrons. The smallest absolute Gasteiger partial charge is 0.157 e. The maximum Gasteiger partial charge on any atom is 0.157 e. The lowest BCUT2D eigenvalue weighted by Gasteiger charge is -2.09. The number of azo groups is 1. The third kappa shape index (κ3) is 6.96. The molecule has 7 heteroatoms. The van der Waals surface area contributed by atoms with Gasteiger partial charge in [0.2, 0.25) is 0 Å². The Hall–Kier alpha value is -1.34. The van der Waals surface area contributed by atoms with E-state index < -0.39 is 17.3 Å². The van der Waals surface area contributed by atoms with Gasteiger partial charge in [-0.1, -0.05) is 45.1 Å². The van der Waals surface area contributed by atoms with Crippen LogP contribution in [0.2, 0.25) is 0 Å². The van der Waals surface area contributed by atoms with Crippen molar-refractivity contribution in [2.75, 3.05) is 6.61 Å². The van der Waals surface area contributed by atoms with Crippen molar-refractivity contribution in [2.24, 2.45) is 10.2 Å². The Balaban J connectivity index is 1.97. The predicted octanol–water partition coefficient (Wildman–Crippen LogP) is 8.64.